The molecule has 0 aliphatic carbocycles. The van der Waals surface area contributed by atoms with Gasteiger partial charge in [0.05, 0.1) is 5.69 Å². The van der Waals surface area contributed by atoms with Crippen LogP contribution in [-0.4, -0.2) is 35.9 Å². The second kappa shape index (κ2) is 6.97. The summed E-state index contributed by atoms with van der Waals surface area (Å²) < 4.78 is 5.10. The zero-order chi connectivity index (χ0) is 17.1. The largest absolute Gasteiger partial charge is 0.507 e. The molecule has 124 valence electrons. The first-order valence-corrected chi connectivity index (χ1v) is 8.54. The Bertz CT molecular complexity index is 790. The van der Waals surface area contributed by atoms with E-state index in [0.717, 1.165) is 21.9 Å². The van der Waals surface area contributed by atoms with E-state index in [-0.39, 0.29) is 23.8 Å². The molecule has 2 aromatic rings. The molecule has 6 heteroatoms. The fourth-order valence-electron chi connectivity index (χ4n) is 2.52. The van der Waals surface area contributed by atoms with Gasteiger partial charge in [0.1, 0.15) is 11.3 Å². The van der Waals surface area contributed by atoms with Crippen molar-refractivity contribution in [1.29, 1.82) is 0 Å². The third-order valence-electron chi connectivity index (χ3n) is 3.73. The molecule has 0 radical (unpaired) electrons. The van der Waals surface area contributed by atoms with Crippen LogP contribution in [0.1, 0.15) is 15.9 Å². The molecule has 0 spiro atoms. The van der Waals surface area contributed by atoms with Crippen molar-refractivity contribution in [3.63, 3.8) is 0 Å². The molecule has 0 saturated carbocycles. The van der Waals surface area contributed by atoms with Crippen molar-refractivity contribution in [1.82, 2.24) is 0 Å². The molecule has 1 amide bonds. The predicted octanol–water partition coefficient (Wildman–Crippen LogP) is 3.00. The molecule has 0 fully saturated rings. The van der Waals surface area contributed by atoms with E-state index in [1.807, 2.05) is 31.2 Å². The lowest BCUT2D eigenvalue weighted by molar-refractivity contribution is -0.121. The number of anilines is 1. The van der Waals surface area contributed by atoms with E-state index in [9.17, 15) is 14.7 Å². The van der Waals surface area contributed by atoms with Crippen molar-refractivity contribution >= 4 is 29.3 Å². The van der Waals surface area contributed by atoms with E-state index in [0.29, 0.717) is 6.54 Å². The standard InChI is InChI=1S/C18H17NO4S/c1-12-6-7-15(20)13(10-12)18(22)23-11-17(21)19-8-9-24-16-5-3-2-4-14(16)19/h2-7,10,20H,8-9,11H2,1H3. The molecule has 24 heavy (non-hydrogen) atoms. The number of benzene rings is 2. The van der Waals surface area contributed by atoms with Crippen LogP contribution in [-0.2, 0) is 9.53 Å². The monoisotopic (exact) mass is 343 g/mol. The predicted molar refractivity (Wildman–Crippen MR) is 92.6 cm³/mol. The molecule has 2 aromatic carbocycles. The Balaban J connectivity index is 1.68. The number of thioether (sulfide) groups is 1. The number of carbonyl (C=O) groups excluding carboxylic acids is 2. The highest BCUT2D eigenvalue weighted by Gasteiger charge is 2.24. The number of aromatic hydroxyl groups is 1. The lowest BCUT2D eigenvalue weighted by Crippen LogP contribution is -2.38. The van der Waals surface area contributed by atoms with E-state index in [1.54, 1.807) is 22.7 Å². The summed E-state index contributed by atoms with van der Waals surface area (Å²) in [5, 5.41) is 9.75. The number of amides is 1. The van der Waals surface area contributed by atoms with Crippen molar-refractivity contribution in [2.75, 3.05) is 23.8 Å². The van der Waals surface area contributed by atoms with Crippen LogP contribution in [0.25, 0.3) is 0 Å². The number of phenols is 1. The number of aryl methyl sites for hydroxylation is 1. The number of nitrogens with zero attached hydrogens (tertiary/aromatic N) is 1. The fraction of sp³-hybridized carbons (Fsp3) is 0.222. The van der Waals surface area contributed by atoms with Crippen molar-refractivity contribution in [2.45, 2.75) is 11.8 Å². The number of phenolic OH excluding ortho intramolecular Hbond substituents is 1. The van der Waals surface area contributed by atoms with E-state index in [1.165, 1.54) is 12.1 Å². The zero-order valence-corrected chi connectivity index (χ0v) is 14.0. The molecule has 5 nitrogen and oxygen atoms in total. The minimum atomic E-state index is -0.704. The Labute approximate surface area is 144 Å². The molecule has 0 aromatic heterocycles. The Morgan fingerprint density at radius 3 is 2.88 bits per heavy atom. The van der Waals surface area contributed by atoms with E-state index in [4.69, 9.17) is 4.74 Å². The minimum absolute atomic E-state index is 0.0670. The molecule has 0 atom stereocenters. The number of para-hydroxylation sites is 1. The smallest absolute Gasteiger partial charge is 0.342 e. The fourth-order valence-corrected chi connectivity index (χ4v) is 3.52. The lowest BCUT2D eigenvalue weighted by atomic mass is 10.1. The molecule has 1 aliphatic rings. The number of fused-ring (bicyclic) bond motifs is 1. The first kappa shape index (κ1) is 16.4. The zero-order valence-electron chi connectivity index (χ0n) is 13.2. The summed E-state index contributed by atoms with van der Waals surface area (Å²) in [7, 11) is 0. The summed E-state index contributed by atoms with van der Waals surface area (Å²) in [6, 6.07) is 12.3. The minimum Gasteiger partial charge on any atom is -0.507 e. The van der Waals surface area contributed by atoms with Gasteiger partial charge in [-0.25, -0.2) is 4.79 Å². The maximum absolute atomic E-state index is 12.4. The second-order valence-electron chi connectivity index (χ2n) is 5.46. The molecule has 0 bridgehead atoms. The molecule has 0 unspecified atom stereocenters. The summed E-state index contributed by atoms with van der Waals surface area (Å²) in [6.45, 7) is 2.03. The van der Waals surface area contributed by atoms with E-state index >= 15 is 0 Å². The molecule has 1 aliphatic heterocycles. The van der Waals surface area contributed by atoms with Crippen molar-refractivity contribution < 1.29 is 19.4 Å². The van der Waals surface area contributed by atoms with E-state index in [2.05, 4.69) is 0 Å². The highest BCUT2D eigenvalue weighted by Crippen LogP contribution is 2.34. The van der Waals surface area contributed by atoms with Gasteiger partial charge >= 0.3 is 5.97 Å². The van der Waals surface area contributed by atoms with Crippen LogP contribution in [0.15, 0.2) is 47.4 Å². The quantitative estimate of drug-likeness (QED) is 0.868. The van der Waals surface area contributed by atoms with Gasteiger partial charge in [-0.05, 0) is 31.2 Å². The maximum atomic E-state index is 12.4. The van der Waals surface area contributed by atoms with Crippen LogP contribution < -0.4 is 4.90 Å². The Morgan fingerprint density at radius 1 is 1.25 bits per heavy atom. The van der Waals surface area contributed by atoms with Crippen molar-refractivity contribution in [3.8, 4) is 5.75 Å². The maximum Gasteiger partial charge on any atom is 0.342 e. The highest BCUT2D eigenvalue weighted by atomic mass is 32.2. The van der Waals surface area contributed by atoms with Gasteiger partial charge in [0.2, 0.25) is 0 Å². The molecule has 0 saturated heterocycles. The van der Waals surface area contributed by atoms with Gasteiger partial charge in [0.25, 0.3) is 5.91 Å². The highest BCUT2D eigenvalue weighted by molar-refractivity contribution is 7.99. The van der Waals surface area contributed by atoms with Gasteiger partial charge in [-0.15, -0.1) is 11.8 Å². The Hall–Kier alpha value is -2.47. The number of esters is 1. The summed E-state index contributed by atoms with van der Waals surface area (Å²) in [4.78, 5) is 27.2. The van der Waals surface area contributed by atoms with Crippen LogP contribution in [0, 0.1) is 6.92 Å². The first-order valence-electron chi connectivity index (χ1n) is 7.55. The van der Waals surface area contributed by atoms with Gasteiger partial charge < -0.3 is 14.7 Å². The average Bonchev–Trinajstić information content (AvgIpc) is 2.61. The van der Waals surface area contributed by atoms with Crippen LogP contribution in [0.5, 0.6) is 5.75 Å². The number of ether oxygens (including phenoxy) is 1. The summed E-state index contributed by atoms with van der Waals surface area (Å²) in [6.07, 6.45) is 0. The Morgan fingerprint density at radius 2 is 2.04 bits per heavy atom. The topological polar surface area (TPSA) is 66.8 Å². The van der Waals surface area contributed by atoms with Crippen LogP contribution in [0.4, 0.5) is 5.69 Å². The van der Waals surface area contributed by atoms with E-state index < -0.39 is 5.97 Å². The molecule has 1 heterocycles. The van der Waals surface area contributed by atoms with Crippen molar-refractivity contribution in [2.24, 2.45) is 0 Å². The lowest BCUT2D eigenvalue weighted by Gasteiger charge is -2.28. The van der Waals surface area contributed by atoms with Gasteiger partial charge in [-0.2, -0.15) is 0 Å². The summed E-state index contributed by atoms with van der Waals surface area (Å²) >= 11 is 1.70. The summed E-state index contributed by atoms with van der Waals surface area (Å²) in [5.41, 5.74) is 1.73. The number of rotatable bonds is 3. The normalized spacial score (nSPS) is 13.3. The molecular formula is C18H17NO4S. The number of hydrogen-bond acceptors (Lipinski definition) is 5. The van der Waals surface area contributed by atoms with Gasteiger partial charge in [-0.3, -0.25) is 4.79 Å². The van der Waals surface area contributed by atoms with Gasteiger partial charge in [-0.1, -0.05) is 23.8 Å². The third kappa shape index (κ3) is 3.38. The third-order valence-corrected chi connectivity index (χ3v) is 4.77. The second-order valence-corrected chi connectivity index (χ2v) is 6.60. The average molecular weight is 343 g/mol. The SMILES string of the molecule is Cc1ccc(O)c(C(=O)OCC(=O)N2CCSc3ccccc32)c1. The first-order chi connectivity index (χ1) is 11.6. The number of hydrogen-bond donors (Lipinski definition) is 1. The molecule has 3 rings (SSSR count). The van der Waals surface area contributed by atoms with Crippen molar-refractivity contribution in [3.05, 3.63) is 53.6 Å². The number of carbonyl (C=O) groups is 2. The molecule has 1 N–H and O–H groups in total. The summed E-state index contributed by atoms with van der Waals surface area (Å²) in [5.74, 6) is -0.333. The van der Waals surface area contributed by atoms with Crippen LogP contribution >= 0.6 is 11.8 Å². The van der Waals surface area contributed by atoms with Crippen LogP contribution in [0.3, 0.4) is 0 Å². The van der Waals surface area contributed by atoms with Crippen LogP contribution in [0.2, 0.25) is 0 Å². The molecular weight excluding hydrogens is 326 g/mol. The van der Waals surface area contributed by atoms with Gasteiger partial charge in [0.15, 0.2) is 6.61 Å². The Kier molecular flexibility index (Phi) is 4.76. The van der Waals surface area contributed by atoms with Gasteiger partial charge in [0, 0.05) is 17.2 Å².